The maximum absolute atomic E-state index is 6.24. The van der Waals surface area contributed by atoms with Crippen molar-refractivity contribution >= 4 is 34.7 Å². The number of anilines is 2. The van der Waals surface area contributed by atoms with E-state index >= 15 is 0 Å². The molecule has 2 aromatic rings. The van der Waals surface area contributed by atoms with E-state index in [4.69, 9.17) is 27.9 Å². The average molecular weight is 297 g/mol. The van der Waals surface area contributed by atoms with E-state index in [0.717, 1.165) is 17.0 Å². The molecule has 1 aromatic carbocycles. The van der Waals surface area contributed by atoms with Crippen molar-refractivity contribution in [3.8, 4) is 5.75 Å². The molecule has 0 saturated carbocycles. The molecule has 0 aliphatic carbocycles. The summed E-state index contributed by atoms with van der Waals surface area (Å²) in [6, 6.07) is 9.53. The number of halogens is 2. The van der Waals surface area contributed by atoms with Crippen LogP contribution in [-0.4, -0.2) is 19.1 Å². The van der Waals surface area contributed by atoms with Gasteiger partial charge in [0.05, 0.1) is 17.8 Å². The lowest BCUT2D eigenvalue weighted by Crippen LogP contribution is -2.13. The Hall–Kier alpha value is -1.45. The molecule has 3 nitrogen and oxygen atoms in total. The smallest absolute Gasteiger partial charge is 0.151 e. The predicted octanol–water partition coefficient (Wildman–Crippen LogP) is 4.25. The Morgan fingerprint density at radius 1 is 1.32 bits per heavy atom. The highest BCUT2D eigenvalue weighted by molar-refractivity contribution is 6.33. The van der Waals surface area contributed by atoms with Gasteiger partial charge in [0.2, 0.25) is 0 Å². The molecule has 1 aromatic heterocycles. The van der Waals surface area contributed by atoms with E-state index in [0.29, 0.717) is 16.7 Å². The first-order chi connectivity index (χ1) is 9.17. The molecular weight excluding hydrogens is 283 g/mol. The van der Waals surface area contributed by atoms with Gasteiger partial charge < -0.3 is 9.64 Å². The van der Waals surface area contributed by atoms with E-state index in [9.17, 15) is 0 Å². The van der Waals surface area contributed by atoms with Crippen LogP contribution in [0.2, 0.25) is 5.02 Å². The number of alkyl halides is 1. The fourth-order valence-corrected chi connectivity index (χ4v) is 2.27. The molecule has 2 rings (SSSR count). The number of hydrogen-bond acceptors (Lipinski definition) is 3. The summed E-state index contributed by atoms with van der Waals surface area (Å²) in [7, 11) is 3.53. The van der Waals surface area contributed by atoms with Gasteiger partial charge in [-0.15, -0.1) is 11.6 Å². The quantitative estimate of drug-likeness (QED) is 0.789. The molecule has 0 radical (unpaired) electrons. The van der Waals surface area contributed by atoms with Gasteiger partial charge in [0.15, 0.2) is 5.82 Å². The largest absolute Gasteiger partial charge is 0.495 e. The van der Waals surface area contributed by atoms with Crippen LogP contribution in [0.15, 0.2) is 36.5 Å². The van der Waals surface area contributed by atoms with E-state index in [1.54, 1.807) is 13.3 Å². The molecule has 0 amide bonds. The molecule has 100 valence electrons. The number of rotatable bonds is 4. The van der Waals surface area contributed by atoms with Crippen molar-refractivity contribution in [2.24, 2.45) is 0 Å². The molecule has 0 fully saturated rings. The van der Waals surface area contributed by atoms with Crippen molar-refractivity contribution in [2.45, 2.75) is 5.88 Å². The van der Waals surface area contributed by atoms with Gasteiger partial charge in [0, 0.05) is 19.1 Å². The van der Waals surface area contributed by atoms with E-state index in [-0.39, 0.29) is 0 Å². The summed E-state index contributed by atoms with van der Waals surface area (Å²) in [6.45, 7) is 0. The minimum Gasteiger partial charge on any atom is -0.495 e. The zero-order valence-electron chi connectivity index (χ0n) is 10.7. The van der Waals surface area contributed by atoms with Crippen molar-refractivity contribution in [3.63, 3.8) is 0 Å². The fourth-order valence-electron chi connectivity index (χ4n) is 1.81. The Morgan fingerprint density at radius 2 is 2.05 bits per heavy atom. The Bertz CT molecular complexity index is 575. The predicted molar refractivity (Wildman–Crippen MR) is 79.9 cm³/mol. The van der Waals surface area contributed by atoms with E-state index < -0.39 is 0 Å². The summed E-state index contributed by atoms with van der Waals surface area (Å²) in [6.07, 6.45) is 1.72. The van der Waals surface area contributed by atoms with Crippen LogP contribution in [0.4, 0.5) is 11.5 Å². The third kappa shape index (κ3) is 2.94. The van der Waals surface area contributed by atoms with Gasteiger partial charge in [-0.1, -0.05) is 23.7 Å². The molecule has 0 aliphatic heterocycles. The topological polar surface area (TPSA) is 25.4 Å². The fraction of sp³-hybridized carbons (Fsp3) is 0.214. The standard InChI is InChI=1S/C14H14Cl2N2O/c1-18(12-5-3-4-6-13(12)19-2)14-11(16)7-10(8-15)9-17-14/h3-7,9H,8H2,1-2H3. The summed E-state index contributed by atoms with van der Waals surface area (Å²) in [5, 5.41) is 0.562. The normalized spacial score (nSPS) is 10.3. The molecule has 5 heteroatoms. The van der Waals surface area contributed by atoms with Crippen LogP contribution in [0.5, 0.6) is 5.75 Å². The number of benzene rings is 1. The van der Waals surface area contributed by atoms with Crippen LogP contribution >= 0.6 is 23.2 Å². The van der Waals surface area contributed by atoms with Crippen molar-refractivity contribution in [1.82, 2.24) is 4.98 Å². The van der Waals surface area contributed by atoms with Crippen molar-refractivity contribution in [3.05, 3.63) is 47.1 Å². The first kappa shape index (κ1) is 14.0. The van der Waals surface area contributed by atoms with E-state index in [1.807, 2.05) is 42.3 Å². The molecule has 19 heavy (non-hydrogen) atoms. The first-order valence-corrected chi connectivity index (χ1v) is 6.65. The van der Waals surface area contributed by atoms with Crippen molar-refractivity contribution in [1.29, 1.82) is 0 Å². The highest BCUT2D eigenvalue weighted by Gasteiger charge is 2.13. The zero-order chi connectivity index (χ0) is 13.8. The molecule has 1 heterocycles. The first-order valence-electron chi connectivity index (χ1n) is 5.74. The van der Waals surface area contributed by atoms with E-state index in [2.05, 4.69) is 4.98 Å². The molecule has 0 spiro atoms. The maximum Gasteiger partial charge on any atom is 0.151 e. The van der Waals surface area contributed by atoms with Gasteiger partial charge in [0.1, 0.15) is 5.75 Å². The van der Waals surface area contributed by atoms with Gasteiger partial charge in [-0.2, -0.15) is 0 Å². The number of pyridine rings is 1. The number of methoxy groups -OCH3 is 1. The van der Waals surface area contributed by atoms with Gasteiger partial charge in [0.25, 0.3) is 0 Å². The van der Waals surface area contributed by atoms with Crippen molar-refractivity contribution < 1.29 is 4.74 Å². The van der Waals surface area contributed by atoms with Crippen LogP contribution in [-0.2, 0) is 5.88 Å². The summed E-state index contributed by atoms with van der Waals surface area (Å²) in [5.74, 6) is 1.83. The lowest BCUT2D eigenvalue weighted by molar-refractivity contribution is 0.415. The van der Waals surface area contributed by atoms with Crippen LogP contribution in [0, 0.1) is 0 Å². The minimum atomic E-state index is 0.394. The number of nitrogens with zero attached hydrogens (tertiary/aromatic N) is 2. The number of aromatic nitrogens is 1. The lowest BCUT2D eigenvalue weighted by Gasteiger charge is -2.21. The summed E-state index contributed by atoms with van der Waals surface area (Å²) in [4.78, 5) is 6.24. The number of hydrogen-bond donors (Lipinski definition) is 0. The Labute approximate surface area is 122 Å². The van der Waals surface area contributed by atoms with Crippen LogP contribution in [0.1, 0.15) is 5.56 Å². The van der Waals surface area contributed by atoms with Gasteiger partial charge in [-0.3, -0.25) is 0 Å². The number of ether oxygens (including phenoxy) is 1. The maximum atomic E-state index is 6.24. The Kier molecular flexibility index (Phi) is 4.51. The monoisotopic (exact) mass is 296 g/mol. The third-order valence-corrected chi connectivity index (χ3v) is 3.38. The van der Waals surface area contributed by atoms with Gasteiger partial charge >= 0.3 is 0 Å². The second-order valence-electron chi connectivity index (χ2n) is 4.01. The molecule has 0 N–H and O–H groups in total. The highest BCUT2D eigenvalue weighted by Crippen LogP contribution is 2.34. The second kappa shape index (κ2) is 6.13. The molecule has 0 saturated heterocycles. The van der Waals surface area contributed by atoms with E-state index in [1.165, 1.54) is 0 Å². The highest BCUT2D eigenvalue weighted by atomic mass is 35.5. The molecule has 0 unspecified atom stereocenters. The lowest BCUT2D eigenvalue weighted by atomic mass is 10.2. The number of para-hydroxylation sites is 2. The third-order valence-electron chi connectivity index (χ3n) is 2.80. The van der Waals surface area contributed by atoms with Crippen LogP contribution in [0.3, 0.4) is 0 Å². The molecular formula is C14H14Cl2N2O. The van der Waals surface area contributed by atoms with Crippen LogP contribution < -0.4 is 9.64 Å². The molecule has 0 aliphatic rings. The summed E-state index contributed by atoms with van der Waals surface area (Å²) in [5.41, 5.74) is 1.79. The SMILES string of the molecule is COc1ccccc1N(C)c1ncc(CCl)cc1Cl. The zero-order valence-corrected chi connectivity index (χ0v) is 12.2. The summed E-state index contributed by atoms with van der Waals surface area (Å²) < 4.78 is 5.34. The van der Waals surface area contributed by atoms with Gasteiger partial charge in [-0.25, -0.2) is 4.98 Å². The minimum absolute atomic E-state index is 0.394. The average Bonchev–Trinajstić information content (AvgIpc) is 2.46. The van der Waals surface area contributed by atoms with Crippen LogP contribution in [0.25, 0.3) is 0 Å². The second-order valence-corrected chi connectivity index (χ2v) is 4.69. The summed E-state index contributed by atoms with van der Waals surface area (Å²) >= 11 is 12.0. The molecule has 0 bridgehead atoms. The van der Waals surface area contributed by atoms with Gasteiger partial charge in [-0.05, 0) is 23.8 Å². The Morgan fingerprint density at radius 3 is 2.68 bits per heavy atom. The van der Waals surface area contributed by atoms with Crippen molar-refractivity contribution in [2.75, 3.05) is 19.1 Å². The molecule has 0 atom stereocenters. The Balaban J connectivity index is 2.41.